The highest BCUT2D eigenvalue weighted by Gasteiger charge is 2.35. The van der Waals surface area contributed by atoms with Crippen LogP contribution in [0.25, 0.3) is 10.1 Å². The number of hydrogen-bond acceptors (Lipinski definition) is 4. The molecule has 0 radical (unpaired) electrons. The number of allylic oxidation sites excluding steroid dienone is 1. The van der Waals surface area contributed by atoms with Crippen molar-refractivity contribution in [1.29, 1.82) is 0 Å². The molecule has 2 atom stereocenters. The van der Waals surface area contributed by atoms with Crippen LogP contribution >= 0.6 is 11.3 Å². The predicted octanol–water partition coefficient (Wildman–Crippen LogP) is 5.08. The normalized spacial score (nSPS) is 13.3. The zero-order valence-corrected chi connectivity index (χ0v) is 24.0. The van der Waals surface area contributed by atoms with Crippen molar-refractivity contribution in [2.75, 3.05) is 21.1 Å². The zero-order chi connectivity index (χ0) is 27.9. The molecule has 6 nitrogen and oxygen atoms in total. The SMILES string of the molecule is CNC(=O)[C@@H](Cc1ccccc1)N(C)C(=O)[C@@H](Cc1csc2ccccc12)N(C)C(=O)C=CCC(C)(C)C. The summed E-state index contributed by atoms with van der Waals surface area (Å²) in [6, 6.07) is 16.2. The van der Waals surface area contributed by atoms with E-state index >= 15 is 0 Å². The molecule has 0 fully saturated rings. The Morgan fingerprint density at radius 3 is 2.24 bits per heavy atom. The predicted molar refractivity (Wildman–Crippen MR) is 156 cm³/mol. The van der Waals surface area contributed by atoms with Gasteiger partial charge in [-0.3, -0.25) is 14.4 Å². The molecule has 38 heavy (non-hydrogen) atoms. The van der Waals surface area contributed by atoms with Gasteiger partial charge < -0.3 is 15.1 Å². The van der Waals surface area contributed by atoms with Crippen LogP contribution in [0.1, 0.15) is 38.3 Å². The number of rotatable bonds is 10. The van der Waals surface area contributed by atoms with Crippen molar-refractivity contribution < 1.29 is 14.4 Å². The van der Waals surface area contributed by atoms with Gasteiger partial charge in [-0.25, -0.2) is 0 Å². The monoisotopic (exact) mass is 533 g/mol. The third-order valence-electron chi connectivity index (χ3n) is 6.70. The van der Waals surface area contributed by atoms with Crippen molar-refractivity contribution in [2.24, 2.45) is 5.41 Å². The van der Waals surface area contributed by atoms with Gasteiger partial charge in [0.15, 0.2) is 0 Å². The quantitative estimate of drug-likeness (QED) is 0.370. The minimum Gasteiger partial charge on any atom is -0.357 e. The van der Waals surface area contributed by atoms with Crippen LogP contribution in [0.3, 0.4) is 0 Å². The standard InChI is InChI=1S/C31H39N3O3S/c1-31(2,3)18-12-17-28(35)33(5)26(20-23-21-38-27-16-11-10-15-24(23)27)30(37)34(6)25(29(36)32-4)19-22-13-8-7-9-14-22/h7-17,21,25-26H,18-20H2,1-6H3,(H,32,36)/t25-,26-/m1/s1. The summed E-state index contributed by atoms with van der Waals surface area (Å²) in [4.78, 5) is 43.2. The van der Waals surface area contributed by atoms with E-state index in [1.54, 1.807) is 38.6 Å². The molecular formula is C31H39N3O3S. The number of nitrogens with one attached hydrogen (secondary N) is 1. The first-order valence-electron chi connectivity index (χ1n) is 12.9. The van der Waals surface area contributed by atoms with Crippen molar-refractivity contribution in [3.8, 4) is 0 Å². The summed E-state index contributed by atoms with van der Waals surface area (Å²) in [5.41, 5.74) is 2.02. The van der Waals surface area contributed by atoms with E-state index in [0.717, 1.165) is 27.6 Å². The molecule has 0 bridgehead atoms. The van der Waals surface area contributed by atoms with Crippen LogP contribution < -0.4 is 5.32 Å². The maximum absolute atomic E-state index is 14.1. The highest BCUT2D eigenvalue weighted by atomic mass is 32.1. The third-order valence-corrected chi connectivity index (χ3v) is 7.71. The van der Waals surface area contributed by atoms with Gasteiger partial charge in [-0.15, -0.1) is 11.3 Å². The van der Waals surface area contributed by atoms with E-state index in [9.17, 15) is 14.4 Å². The largest absolute Gasteiger partial charge is 0.357 e. The van der Waals surface area contributed by atoms with E-state index < -0.39 is 12.1 Å². The number of hydrogen-bond donors (Lipinski definition) is 1. The Morgan fingerprint density at radius 1 is 0.921 bits per heavy atom. The Bertz CT molecular complexity index is 1280. The fraction of sp³-hybridized carbons (Fsp3) is 0.387. The molecule has 0 spiro atoms. The minimum absolute atomic E-state index is 0.0541. The van der Waals surface area contributed by atoms with Gasteiger partial charge in [0.2, 0.25) is 17.7 Å². The van der Waals surface area contributed by atoms with Crippen molar-refractivity contribution in [2.45, 2.75) is 52.1 Å². The van der Waals surface area contributed by atoms with Gasteiger partial charge in [-0.2, -0.15) is 0 Å². The number of carbonyl (C=O) groups excluding carboxylic acids is 3. The summed E-state index contributed by atoms with van der Waals surface area (Å²) in [5.74, 6) is -0.756. The van der Waals surface area contributed by atoms with Gasteiger partial charge in [-0.05, 0) is 45.9 Å². The molecule has 0 unspecified atom stereocenters. The molecule has 202 valence electrons. The molecule has 0 aliphatic carbocycles. The van der Waals surface area contributed by atoms with Crippen LogP contribution in [0.2, 0.25) is 0 Å². The van der Waals surface area contributed by atoms with E-state index in [0.29, 0.717) is 12.8 Å². The highest BCUT2D eigenvalue weighted by molar-refractivity contribution is 7.17. The number of fused-ring (bicyclic) bond motifs is 1. The van der Waals surface area contributed by atoms with Crippen LogP contribution in [0.15, 0.2) is 72.1 Å². The number of likely N-dealkylation sites (N-methyl/N-ethyl adjacent to an activating group) is 3. The van der Waals surface area contributed by atoms with Crippen molar-refractivity contribution >= 4 is 39.1 Å². The fourth-order valence-electron chi connectivity index (χ4n) is 4.37. The third kappa shape index (κ3) is 7.54. The number of thiophene rings is 1. The smallest absolute Gasteiger partial charge is 0.246 e. The maximum atomic E-state index is 14.1. The van der Waals surface area contributed by atoms with E-state index in [4.69, 9.17) is 0 Å². The van der Waals surface area contributed by atoms with Gasteiger partial charge in [0, 0.05) is 38.7 Å². The molecule has 0 saturated heterocycles. The maximum Gasteiger partial charge on any atom is 0.246 e. The molecule has 1 heterocycles. The van der Waals surface area contributed by atoms with Crippen LogP contribution in [0.4, 0.5) is 0 Å². The van der Waals surface area contributed by atoms with Crippen LogP contribution in [-0.4, -0.2) is 60.7 Å². The average Bonchev–Trinajstić information content (AvgIpc) is 3.31. The molecule has 1 aromatic heterocycles. The molecule has 3 amide bonds. The van der Waals surface area contributed by atoms with E-state index in [1.807, 2.05) is 54.6 Å². The lowest BCUT2D eigenvalue weighted by Crippen LogP contribution is -2.55. The summed E-state index contributed by atoms with van der Waals surface area (Å²) in [6.07, 6.45) is 4.90. The van der Waals surface area contributed by atoms with E-state index in [1.165, 1.54) is 9.80 Å². The summed E-state index contributed by atoms with van der Waals surface area (Å²) in [5, 5.41) is 5.83. The molecule has 0 saturated carbocycles. The number of benzene rings is 2. The van der Waals surface area contributed by atoms with E-state index in [-0.39, 0.29) is 23.1 Å². The summed E-state index contributed by atoms with van der Waals surface area (Å²) in [7, 11) is 4.89. The molecule has 2 aromatic carbocycles. The van der Waals surface area contributed by atoms with Gasteiger partial charge >= 0.3 is 0 Å². The first-order valence-corrected chi connectivity index (χ1v) is 13.8. The summed E-state index contributed by atoms with van der Waals surface area (Å²) in [6.45, 7) is 6.33. The second-order valence-corrected chi connectivity index (χ2v) is 11.8. The Morgan fingerprint density at radius 2 is 1.58 bits per heavy atom. The van der Waals surface area contributed by atoms with Gasteiger partial charge in [-0.1, -0.05) is 75.4 Å². The van der Waals surface area contributed by atoms with Gasteiger partial charge in [0.25, 0.3) is 0 Å². The van der Waals surface area contributed by atoms with Crippen molar-refractivity contribution in [1.82, 2.24) is 15.1 Å². The first-order chi connectivity index (χ1) is 18.0. The Labute approximate surface area is 230 Å². The first kappa shape index (κ1) is 29.1. The number of carbonyl (C=O) groups is 3. The topological polar surface area (TPSA) is 69.7 Å². The lowest BCUT2D eigenvalue weighted by atomic mass is 9.92. The molecule has 3 rings (SSSR count). The average molecular weight is 534 g/mol. The summed E-state index contributed by atoms with van der Waals surface area (Å²) >= 11 is 1.62. The highest BCUT2D eigenvalue weighted by Crippen LogP contribution is 2.28. The molecule has 3 aromatic rings. The van der Waals surface area contributed by atoms with Gasteiger partial charge in [0.1, 0.15) is 12.1 Å². The second-order valence-electron chi connectivity index (χ2n) is 10.9. The minimum atomic E-state index is -0.771. The molecule has 7 heteroatoms. The van der Waals surface area contributed by atoms with E-state index in [2.05, 4.69) is 37.5 Å². The molecular weight excluding hydrogens is 494 g/mol. The van der Waals surface area contributed by atoms with Crippen LogP contribution in [0.5, 0.6) is 0 Å². The Kier molecular flexibility index (Phi) is 9.86. The number of amides is 3. The zero-order valence-electron chi connectivity index (χ0n) is 23.2. The fourth-order valence-corrected chi connectivity index (χ4v) is 5.35. The lowest BCUT2D eigenvalue weighted by molar-refractivity contribution is -0.146. The lowest BCUT2D eigenvalue weighted by Gasteiger charge is -2.34. The Balaban J connectivity index is 1.93. The molecule has 0 aliphatic heterocycles. The van der Waals surface area contributed by atoms with Crippen molar-refractivity contribution in [3.05, 3.63) is 83.3 Å². The molecule has 0 aliphatic rings. The van der Waals surface area contributed by atoms with Crippen LogP contribution in [0, 0.1) is 5.41 Å². The van der Waals surface area contributed by atoms with Crippen molar-refractivity contribution in [3.63, 3.8) is 0 Å². The Hall–Kier alpha value is -3.45. The molecule has 1 N–H and O–H groups in total. The second kappa shape index (κ2) is 12.9. The van der Waals surface area contributed by atoms with Crippen LogP contribution in [-0.2, 0) is 27.2 Å². The summed E-state index contributed by atoms with van der Waals surface area (Å²) < 4.78 is 1.13. The number of nitrogens with zero attached hydrogens (tertiary/aromatic N) is 2. The van der Waals surface area contributed by atoms with Gasteiger partial charge in [0.05, 0.1) is 0 Å².